The Bertz CT molecular complexity index is 820. The van der Waals surface area contributed by atoms with Gasteiger partial charge in [-0.3, -0.25) is 14.4 Å². The molecule has 0 spiro atoms. The summed E-state index contributed by atoms with van der Waals surface area (Å²) in [6.07, 6.45) is 2.69. The molecule has 1 saturated heterocycles. The molecule has 1 aliphatic heterocycles. The zero-order chi connectivity index (χ0) is 20.1. The largest absolute Gasteiger partial charge is 0.459 e. The summed E-state index contributed by atoms with van der Waals surface area (Å²) in [6, 6.07) is 10.2. The predicted octanol–water partition coefficient (Wildman–Crippen LogP) is 2.91. The van der Waals surface area contributed by atoms with Crippen molar-refractivity contribution in [3.63, 3.8) is 0 Å². The summed E-state index contributed by atoms with van der Waals surface area (Å²) in [4.78, 5) is 38.5. The van der Waals surface area contributed by atoms with Gasteiger partial charge < -0.3 is 20.0 Å². The minimum Gasteiger partial charge on any atom is -0.459 e. The molecule has 2 heterocycles. The van der Waals surface area contributed by atoms with Crippen LogP contribution in [0.4, 0.5) is 5.69 Å². The second-order valence-corrected chi connectivity index (χ2v) is 7.24. The lowest BCUT2D eigenvalue weighted by Gasteiger charge is -2.30. The number of hydrogen-bond donors (Lipinski definition) is 2. The highest BCUT2D eigenvalue weighted by Crippen LogP contribution is 2.21. The summed E-state index contributed by atoms with van der Waals surface area (Å²) in [6.45, 7) is 4.85. The molecule has 0 saturated carbocycles. The molecule has 7 nitrogen and oxygen atoms in total. The molecule has 1 fully saturated rings. The molecule has 0 radical (unpaired) electrons. The number of piperidine rings is 1. The van der Waals surface area contributed by atoms with Gasteiger partial charge in [0.15, 0.2) is 5.76 Å². The Morgan fingerprint density at radius 2 is 1.75 bits per heavy atom. The van der Waals surface area contributed by atoms with E-state index in [2.05, 4.69) is 10.6 Å². The van der Waals surface area contributed by atoms with E-state index in [0.717, 1.165) is 0 Å². The highest BCUT2D eigenvalue weighted by Gasteiger charge is 2.28. The number of carbonyl (C=O) groups excluding carboxylic acids is 3. The van der Waals surface area contributed by atoms with E-state index >= 15 is 0 Å². The van der Waals surface area contributed by atoms with Crippen molar-refractivity contribution in [2.75, 3.05) is 18.4 Å². The van der Waals surface area contributed by atoms with Crippen molar-refractivity contribution >= 4 is 23.4 Å². The first-order valence-electron chi connectivity index (χ1n) is 9.48. The molecule has 0 atom stereocenters. The molecule has 0 unspecified atom stereocenters. The molecule has 2 aromatic rings. The summed E-state index contributed by atoms with van der Waals surface area (Å²) in [5, 5.41) is 5.73. The molecule has 1 aromatic carbocycles. The first-order valence-corrected chi connectivity index (χ1v) is 9.48. The summed E-state index contributed by atoms with van der Waals surface area (Å²) in [7, 11) is 0. The van der Waals surface area contributed by atoms with Crippen LogP contribution >= 0.6 is 0 Å². The van der Waals surface area contributed by atoms with E-state index in [9.17, 15) is 14.4 Å². The van der Waals surface area contributed by atoms with Gasteiger partial charge in [-0.05, 0) is 63.1 Å². The fourth-order valence-electron chi connectivity index (χ4n) is 3.20. The Morgan fingerprint density at radius 3 is 2.32 bits per heavy atom. The Kier molecular flexibility index (Phi) is 6.13. The van der Waals surface area contributed by atoms with Gasteiger partial charge in [-0.25, -0.2) is 0 Å². The molecule has 7 heteroatoms. The SMILES string of the molecule is CC(C)NC(=O)c1ccc(NC(=O)C2CCN(C(=O)c3ccco3)CC2)cc1. The van der Waals surface area contributed by atoms with E-state index in [4.69, 9.17) is 4.42 Å². The number of benzene rings is 1. The van der Waals surface area contributed by atoms with Crippen molar-refractivity contribution < 1.29 is 18.8 Å². The number of hydrogen-bond acceptors (Lipinski definition) is 4. The molecule has 1 aromatic heterocycles. The maximum absolute atomic E-state index is 12.5. The fraction of sp³-hybridized carbons (Fsp3) is 0.381. The number of likely N-dealkylation sites (tertiary alicyclic amines) is 1. The molecule has 3 amide bonds. The average molecular weight is 383 g/mol. The molecular weight excluding hydrogens is 358 g/mol. The Balaban J connectivity index is 1.50. The van der Waals surface area contributed by atoms with Crippen LogP contribution in [0, 0.1) is 5.92 Å². The molecule has 1 aliphatic rings. The van der Waals surface area contributed by atoms with Crippen LogP contribution in [0.1, 0.15) is 47.6 Å². The van der Waals surface area contributed by atoms with Crippen LogP contribution in [0.15, 0.2) is 47.1 Å². The van der Waals surface area contributed by atoms with Crippen molar-refractivity contribution in [2.45, 2.75) is 32.7 Å². The molecule has 0 bridgehead atoms. The van der Waals surface area contributed by atoms with Gasteiger partial charge in [0, 0.05) is 36.3 Å². The number of carbonyl (C=O) groups is 3. The molecule has 148 valence electrons. The molecule has 0 aliphatic carbocycles. The first-order chi connectivity index (χ1) is 13.4. The van der Waals surface area contributed by atoms with Gasteiger partial charge in [-0.2, -0.15) is 0 Å². The van der Waals surface area contributed by atoms with Crippen LogP contribution in [0.3, 0.4) is 0 Å². The molecule has 28 heavy (non-hydrogen) atoms. The zero-order valence-corrected chi connectivity index (χ0v) is 16.1. The fourth-order valence-corrected chi connectivity index (χ4v) is 3.20. The number of furan rings is 1. The van der Waals surface area contributed by atoms with Crippen LogP contribution < -0.4 is 10.6 Å². The lowest BCUT2D eigenvalue weighted by atomic mass is 9.95. The van der Waals surface area contributed by atoms with Gasteiger partial charge in [0.1, 0.15) is 0 Å². The number of rotatable bonds is 5. The average Bonchev–Trinajstić information content (AvgIpc) is 3.22. The van der Waals surface area contributed by atoms with Gasteiger partial charge in [0.25, 0.3) is 11.8 Å². The third-order valence-corrected chi connectivity index (χ3v) is 4.72. The van der Waals surface area contributed by atoms with Gasteiger partial charge in [-0.15, -0.1) is 0 Å². The summed E-state index contributed by atoms with van der Waals surface area (Å²) in [5.41, 5.74) is 1.21. The number of nitrogens with zero attached hydrogens (tertiary/aromatic N) is 1. The Hall–Kier alpha value is -3.09. The van der Waals surface area contributed by atoms with Gasteiger partial charge in [-0.1, -0.05) is 0 Å². The smallest absolute Gasteiger partial charge is 0.289 e. The summed E-state index contributed by atoms with van der Waals surface area (Å²) in [5.74, 6) is -0.167. The van der Waals surface area contributed by atoms with Crippen molar-refractivity contribution in [1.82, 2.24) is 10.2 Å². The lowest BCUT2D eigenvalue weighted by Crippen LogP contribution is -2.41. The first kappa shape index (κ1) is 19.7. The Morgan fingerprint density at radius 1 is 1.07 bits per heavy atom. The van der Waals surface area contributed by atoms with Crippen LogP contribution in [-0.4, -0.2) is 41.8 Å². The number of amides is 3. The van der Waals surface area contributed by atoms with E-state index in [1.165, 1.54) is 6.26 Å². The lowest BCUT2D eigenvalue weighted by molar-refractivity contribution is -0.121. The van der Waals surface area contributed by atoms with Crippen molar-refractivity contribution in [1.29, 1.82) is 0 Å². The number of anilines is 1. The van der Waals surface area contributed by atoms with Crippen LogP contribution in [0.5, 0.6) is 0 Å². The monoisotopic (exact) mass is 383 g/mol. The summed E-state index contributed by atoms with van der Waals surface area (Å²) >= 11 is 0. The highest BCUT2D eigenvalue weighted by atomic mass is 16.3. The van der Waals surface area contributed by atoms with Crippen LogP contribution in [-0.2, 0) is 4.79 Å². The van der Waals surface area contributed by atoms with Gasteiger partial charge in [0.2, 0.25) is 5.91 Å². The van der Waals surface area contributed by atoms with E-state index < -0.39 is 0 Å². The third-order valence-electron chi connectivity index (χ3n) is 4.72. The second kappa shape index (κ2) is 8.73. The second-order valence-electron chi connectivity index (χ2n) is 7.24. The highest BCUT2D eigenvalue weighted by molar-refractivity contribution is 5.96. The van der Waals surface area contributed by atoms with Crippen molar-refractivity contribution in [2.24, 2.45) is 5.92 Å². The topological polar surface area (TPSA) is 91.7 Å². The maximum atomic E-state index is 12.5. The quantitative estimate of drug-likeness (QED) is 0.830. The summed E-state index contributed by atoms with van der Waals surface area (Å²) < 4.78 is 5.15. The Labute approximate surface area is 164 Å². The molecule has 3 rings (SSSR count). The van der Waals surface area contributed by atoms with Gasteiger partial charge >= 0.3 is 0 Å². The van der Waals surface area contributed by atoms with Gasteiger partial charge in [0.05, 0.1) is 6.26 Å². The predicted molar refractivity (Wildman–Crippen MR) is 105 cm³/mol. The zero-order valence-electron chi connectivity index (χ0n) is 16.1. The van der Waals surface area contributed by atoms with Crippen molar-refractivity contribution in [3.05, 3.63) is 54.0 Å². The minimum absolute atomic E-state index is 0.0653. The van der Waals surface area contributed by atoms with E-state index in [-0.39, 0.29) is 29.7 Å². The minimum atomic E-state index is -0.149. The van der Waals surface area contributed by atoms with Crippen molar-refractivity contribution in [3.8, 4) is 0 Å². The standard InChI is InChI=1S/C21H25N3O4/c1-14(2)22-19(25)15-5-7-17(8-6-15)23-20(26)16-9-11-24(12-10-16)21(27)18-4-3-13-28-18/h3-8,13-14,16H,9-12H2,1-2H3,(H,22,25)(H,23,26). The van der Waals surface area contributed by atoms with Crippen LogP contribution in [0.25, 0.3) is 0 Å². The normalized spacial score (nSPS) is 14.8. The molecular formula is C21H25N3O4. The maximum Gasteiger partial charge on any atom is 0.289 e. The van der Waals surface area contributed by atoms with Crippen LogP contribution in [0.2, 0.25) is 0 Å². The van der Waals surface area contributed by atoms with E-state index in [1.807, 2.05) is 13.8 Å². The van der Waals surface area contributed by atoms with E-state index in [1.54, 1.807) is 41.3 Å². The van der Waals surface area contributed by atoms with E-state index in [0.29, 0.717) is 42.9 Å². The third kappa shape index (κ3) is 4.79. The molecule has 2 N–H and O–H groups in total. The number of nitrogens with one attached hydrogen (secondary N) is 2.